The molecule has 0 radical (unpaired) electrons. The maximum absolute atomic E-state index is 13.3. The molecule has 141 heavy (non-hydrogen) atoms. The van der Waals surface area contributed by atoms with E-state index in [2.05, 4.69) is 116 Å². The summed E-state index contributed by atoms with van der Waals surface area (Å²) in [5, 5.41) is 17.9. The standard InChI is InChI=1S/2C25H28N2O2S.C22H30N2O3S.C22H30N2O2S.C21H28N2O2S/c1-2-3-4-15-21(23(28)25-27-20-14-7-8-16-22(20)30-25)26-24(29)19-13-9-11-17-10-5-6-12-18(17)19;1-2-3-4-12-21(23(28)25-27-20-11-7-8-13-22(20)30-25)26-24(29)19-15-14-17-9-5-6-10-18(17)16-19;1-3-4-6-12-17(24-21(26)22(27-2)14-9-5-10-15-22)19(25)20-23-16-11-7-8-13-18(16)28-20;1-3-4-6-12-17(24-21(26)22(2)14-9-5-10-15-22)19(25)20-23-16-11-7-8-13-18(16)27-20;1-2-3-5-13-17(22-20(25)15-10-6-4-7-11-15)19(24)21-23-16-12-8-9-14-18(16)26-21/h5-8,10,12,14,16,19,21H,2-4,9,11,13,15H2,1H3,(H,26,29);5-11,13,19,21H,2-4,12,14-16H2,1H3,(H,26,29);7-8,11,13,17H,3-6,9-10,12,14-15H2,1-2H3,(H,24,26);7-8,11,13,17H,3-6,9-10,12,14-15H2,1-2H3,(H,24,26);8-9,12,14-15,17H,2-7,10-11,13H2,1H3,(H,22,25). The molecule has 5 aliphatic rings. The first-order valence-corrected chi connectivity index (χ1v) is 56.4. The monoisotopic (exact) mass is 2000 g/mol. The first kappa shape index (κ1) is 108. The Kier molecular flexibility index (Phi) is 42.0. The van der Waals surface area contributed by atoms with Crippen LogP contribution < -0.4 is 26.6 Å². The van der Waals surface area contributed by atoms with Crippen LogP contribution in [0, 0.1) is 17.3 Å². The summed E-state index contributed by atoms with van der Waals surface area (Å²) in [5.74, 6) is -0.548. The molecule has 0 bridgehead atoms. The van der Waals surface area contributed by atoms with Crippen molar-refractivity contribution in [1.29, 1.82) is 0 Å². The summed E-state index contributed by atoms with van der Waals surface area (Å²) in [4.78, 5) is 154. The second kappa shape index (κ2) is 54.9. The van der Waals surface area contributed by atoms with Crippen molar-refractivity contribution in [3.63, 3.8) is 0 Å². The number of thiazole rings is 5. The number of fused-ring (bicyclic) bond motifs is 7. The summed E-state index contributed by atoms with van der Waals surface area (Å²) >= 11 is 7.07. The number of Topliss-reactive ketones (excluding diaryl/α,β-unsaturated/α-hetero) is 5. The zero-order valence-electron chi connectivity index (χ0n) is 83.5. The number of para-hydroxylation sites is 5. The maximum atomic E-state index is 13.3. The average molecular weight is 2000 g/mol. The predicted molar refractivity (Wildman–Crippen MR) is 575 cm³/mol. The van der Waals surface area contributed by atoms with Crippen molar-refractivity contribution >= 4 is 166 Å². The van der Waals surface area contributed by atoms with Crippen molar-refractivity contribution in [2.45, 2.75) is 347 Å². The van der Waals surface area contributed by atoms with E-state index in [9.17, 15) is 47.9 Å². The summed E-state index contributed by atoms with van der Waals surface area (Å²) in [6.45, 7) is 12.7. The summed E-state index contributed by atoms with van der Waals surface area (Å²) in [6, 6.07) is 53.0. The fraction of sp³-hybridized carbons (Fsp3) is 0.504. The lowest BCUT2D eigenvalue weighted by molar-refractivity contribution is -0.148. The average Bonchev–Trinajstić information content (AvgIpc) is 1.76. The van der Waals surface area contributed by atoms with Gasteiger partial charge in [-0.05, 0) is 192 Å². The van der Waals surface area contributed by atoms with Crippen LogP contribution in [0.15, 0.2) is 170 Å². The molecular formula is C115H144N10O11S5. The molecule has 12 aromatic rings. The molecule has 0 aliphatic heterocycles. The molecule has 0 spiro atoms. The highest BCUT2D eigenvalue weighted by molar-refractivity contribution is 7.22. The van der Waals surface area contributed by atoms with Crippen molar-refractivity contribution in [3.8, 4) is 0 Å². The summed E-state index contributed by atoms with van der Waals surface area (Å²) in [6.07, 6.45) is 39.1. The Bertz CT molecular complexity index is 5970. The van der Waals surface area contributed by atoms with E-state index < -0.39 is 35.8 Å². The van der Waals surface area contributed by atoms with Gasteiger partial charge in [0.15, 0.2) is 25.0 Å². The summed E-state index contributed by atoms with van der Waals surface area (Å²) < 4.78 is 10.7. The molecule has 7 unspecified atom stereocenters. The van der Waals surface area contributed by atoms with E-state index >= 15 is 0 Å². The highest BCUT2D eigenvalue weighted by Crippen LogP contribution is 2.40. The lowest BCUT2D eigenvalue weighted by atomic mass is 9.75. The van der Waals surface area contributed by atoms with Gasteiger partial charge < -0.3 is 31.3 Å². The van der Waals surface area contributed by atoms with Crippen molar-refractivity contribution in [3.05, 3.63) is 217 Å². The minimum absolute atomic E-state index is 0.000428. The van der Waals surface area contributed by atoms with Crippen LogP contribution in [0.1, 0.15) is 363 Å². The van der Waals surface area contributed by atoms with E-state index in [1.165, 1.54) is 86.2 Å². The third-order valence-corrected chi connectivity index (χ3v) is 33.8. The number of ether oxygens (including phenoxy) is 1. The number of amides is 5. The molecule has 7 aromatic carbocycles. The Morgan fingerprint density at radius 2 is 0.631 bits per heavy atom. The quantitative estimate of drug-likeness (QED) is 0.0176. The van der Waals surface area contributed by atoms with Crippen molar-refractivity contribution in [2.24, 2.45) is 17.3 Å². The molecule has 5 aliphatic carbocycles. The van der Waals surface area contributed by atoms with Crippen LogP contribution in [0.4, 0.5) is 0 Å². The van der Waals surface area contributed by atoms with Gasteiger partial charge in [0, 0.05) is 24.4 Å². The van der Waals surface area contributed by atoms with E-state index in [-0.39, 0.29) is 81.6 Å². The molecule has 21 nitrogen and oxygen atoms in total. The molecule has 26 heteroatoms. The highest BCUT2D eigenvalue weighted by Gasteiger charge is 2.43. The van der Waals surface area contributed by atoms with Gasteiger partial charge in [-0.25, -0.2) is 24.9 Å². The fourth-order valence-corrected chi connectivity index (χ4v) is 24.8. The number of rotatable bonds is 41. The van der Waals surface area contributed by atoms with Crippen LogP contribution in [0.2, 0.25) is 0 Å². The Labute approximate surface area is 852 Å². The molecule has 750 valence electrons. The lowest BCUT2D eigenvalue weighted by Crippen LogP contribution is -2.54. The van der Waals surface area contributed by atoms with Crippen LogP contribution in [0.5, 0.6) is 0 Å². The van der Waals surface area contributed by atoms with Gasteiger partial charge in [0.2, 0.25) is 52.5 Å². The van der Waals surface area contributed by atoms with Gasteiger partial charge in [0.05, 0.1) is 87.2 Å². The van der Waals surface area contributed by atoms with Crippen LogP contribution >= 0.6 is 56.7 Å². The molecular weight excluding hydrogens is 1860 g/mol. The Balaban J connectivity index is 0.000000148. The van der Waals surface area contributed by atoms with E-state index in [1.807, 2.05) is 146 Å². The van der Waals surface area contributed by atoms with Crippen LogP contribution in [-0.4, -0.2) is 126 Å². The van der Waals surface area contributed by atoms with Crippen molar-refractivity contribution in [2.75, 3.05) is 7.11 Å². The third kappa shape index (κ3) is 29.9. The number of hydrogen-bond acceptors (Lipinski definition) is 21. The second-order valence-electron chi connectivity index (χ2n) is 39.0. The molecule has 7 atom stereocenters. The number of unbranched alkanes of at least 4 members (excludes halogenated alkanes) is 10. The number of ketones is 5. The first-order chi connectivity index (χ1) is 68.6. The van der Waals surface area contributed by atoms with Crippen molar-refractivity contribution in [1.82, 2.24) is 51.5 Å². The summed E-state index contributed by atoms with van der Waals surface area (Å²) in [5.41, 5.74) is 8.04. The van der Waals surface area contributed by atoms with Crippen molar-refractivity contribution < 1.29 is 52.7 Å². The number of carbonyl (C=O) groups excluding carboxylic acids is 10. The Morgan fingerprint density at radius 3 is 1.00 bits per heavy atom. The Hall–Kier alpha value is -10.4. The first-order valence-electron chi connectivity index (χ1n) is 52.4. The van der Waals surface area contributed by atoms with Gasteiger partial charge in [0.25, 0.3) is 5.91 Å². The molecule has 3 fully saturated rings. The zero-order chi connectivity index (χ0) is 99.5. The fourth-order valence-electron chi connectivity index (χ4n) is 20.0. The molecule has 5 aromatic heterocycles. The number of nitrogens with one attached hydrogen (secondary N) is 5. The molecule has 5 N–H and O–H groups in total. The predicted octanol–water partition coefficient (Wildman–Crippen LogP) is 26.5. The van der Waals surface area contributed by atoms with Crippen LogP contribution in [0.3, 0.4) is 0 Å². The second-order valence-corrected chi connectivity index (χ2v) is 44.2. The van der Waals surface area contributed by atoms with Gasteiger partial charge in [-0.2, -0.15) is 0 Å². The van der Waals surface area contributed by atoms with Crippen LogP contribution in [-0.2, 0) is 48.0 Å². The maximum Gasteiger partial charge on any atom is 0.252 e. The SMILES string of the molecule is CCCCCC(NC(=O)C1(C)CCCCC1)C(=O)c1nc2ccccc2s1.CCCCCC(NC(=O)C1(OC)CCCCC1)C(=O)c1nc2ccccc2s1.CCCCCC(NC(=O)C1CCCCC1)C(=O)c1nc2ccccc2s1.CCCCCC(NC(=O)C1CCCc2ccccc21)C(=O)c1nc2ccccc2s1.CCCCCC(NC(=O)C1CCc2ccccc2C1)C(=O)c1nc2ccccc2s1. The lowest BCUT2D eigenvalue weighted by Gasteiger charge is -2.35. The molecule has 0 saturated heterocycles. The van der Waals surface area contributed by atoms with E-state index in [4.69, 9.17) is 4.74 Å². The number of methoxy groups -OCH3 is 1. The van der Waals surface area contributed by atoms with Gasteiger partial charge in [-0.15, -0.1) is 56.7 Å². The third-order valence-electron chi connectivity index (χ3n) is 28.5. The molecule has 5 amide bonds. The number of hydrogen-bond donors (Lipinski definition) is 5. The van der Waals surface area contributed by atoms with Gasteiger partial charge in [-0.1, -0.05) is 305 Å². The number of carbonyl (C=O) groups is 10. The molecule has 3 saturated carbocycles. The van der Waals surface area contributed by atoms with Gasteiger partial charge in [0.1, 0.15) is 5.60 Å². The van der Waals surface area contributed by atoms with Crippen LogP contribution in [0.25, 0.3) is 51.1 Å². The zero-order valence-corrected chi connectivity index (χ0v) is 87.6. The number of aryl methyl sites for hydroxylation is 2. The normalized spacial score (nSPS) is 17.0. The number of aromatic nitrogens is 5. The summed E-state index contributed by atoms with van der Waals surface area (Å²) in [7, 11) is 1.60. The van der Waals surface area contributed by atoms with E-state index in [1.54, 1.807) is 7.11 Å². The van der Waals surface area contributed by atoms with Gasteiger partial charge >= 0.3 is 0 Å². The smallest absolute Gasteiger partial charge is 0.252 e. The van der Waals surface area contributed by atoms with E-state index in [0.717, 1.165) is 262 Å². The number of nitrogens with zero attached hydrogens (tertiary/aromatic N) is 5. The van der Waals surface area contributed by atoms with Gasteiger partial charge in [-0.3, -0.25) is 47.9 Å². The topological polar surface area (TPSA) is 305 Å². The number of benzene rings is 7. The Morgan fingerprint density at radius 1 is 0.319 bits per heavy atom. The van der Waals surface area contributed by atoms with E-state index in [0.29, 0.717) is 70.0 Å². The highest BCUT2D eigenvalue weighted by atomic mass is 32.1. The molecule has 5 heterocycles. The largest absolute Gasteiger partial charge is 0.368 e. The minimum atomic E-state index is -0.797. The molecule has 17 rings (SSSR count). The minimum Gasteiger partial charge on any atom is -0.368 e.